The molecule has 6 rings (SSSR count). The van der Waals surface area contributed by atoms with Gasteiger partial charge in [-0.15, -0.1) is 0 Å². The number of guanidine groups is 2. The van der Waals surface area contributed by atoms with E-state index in [4.69, 9.17) is 43.7 Å². The molecule has 0 bridgehead atoms. The molecule has 0 aliphatic carbocycles. The maximum atomic E-state index is 14.2. The van der Waals surface area contributed by atoms with Crippen LogP contribution in [0.3, 0.4) is 0 Å². The predicted molar refractivity (Wildman–Crippen MR) is 190 cm³/mol. The zero-order chi connectivity index (χ0) is 38.3. The van der Waals surface area contributed by atoms with Crippen molar-refractivity contribution in [1.29, 1.82) is 0 Å². The second-order valence-corrected chi connectivity index (χ2v) is 10.8. The average molecular weight is 737 g/mol. The van der Waals surface area contributed by atoms with Crippen molar-refractivity contribution in [2.75, 3.05) is 6.61 Å². The van der Waals surface area contributed by atoms with Crippen LogP contribution in [0, 0.1) is 23.3 Å². The summed E-state index contributed by atoms with van der Waals surface area (Å²) >= 11 is 6.20. The number of hydrogen-bond acceptors (Lipinski definition) is 5. The molecule has 268 valence electrons. The number of nitrogens with two attached hydrogens (primary N) is 4. The minimum absolute atomic E-state index is 0.0103. The molecular weight excluding hydrogens is 708 g/mol. The number of benzene rings is 4. The molecule has 5 aromatic rings. The van der Waals surface area contributed by atoms with Crippen LogP contribution in [0.15, 0.2) is 98.1 Å². The molecule has 0 saturated heterocycles. The van der Waals surface area contributed by atoms with Gasteiger partial charge in [0, 0.05) is 56.4 Å². The molecule has 0 fully saturated rings. The van der Waals surface area contributed by atoms with E-state index in [1.165, 1.54) is 36.4 Å². The van der Waals surface area contributed by atoms with E-state index in [0.717, 1.165) is 6.07 Å². The first-order valence-corrected chi connectivity index (χ1v) is 15.5. The first kappa shape index (κ1) is 38.3. The van der Waals surface area contributed by atoms with Gasteiger partial charge in [0.25, 0.3) is 11.8 Å². The first-order chi connectivity index (χ1) is 24.7. The Kier molecular flexibility index (Phi) is 12.1. The van der Waals surface area contributed by atoms with Gasteiger partial charge in [-0.3, -0.25) is 9.59 Å². The maximum Gasteiger partial charge on any atom is 0.336 e. The van der Waals surface area contributed by atoms with E-state index in [1.807, 2.05) is 13.8 Å². The summed E-state index contributed by atoms with van der Waals surface area (Å²) in [7, 11) is 0. The lowest BCUT2D eigenvalue weighted by Crippen LogP contribution is -2.24. The number of nitrogens with zero attached hydrogens (tertiary/aromatic N) is 2. The van der Waals surface area contributed by atoms with Crippen LogP contribution in [0.25, 0.3) is 27.7 Å². The van der Waals surface area contributed by atoms with Gasteiger partial charge < -0.3 is 32.1 Å². The summed E-state index contributed by atoms with van der Waals surface area (Å²) in [5.74, 6) is -5.55. The van der Waals surface area contributed by atoms with E-state index in [2.05, 4.69) is 9.98 Å². The van der Waals surface area contributed by atoms with Gasteiger partial charge in [0.2, 0.25) is 0 Å². The minimum Gasteiger partial charge on any atom is -0.489 e. The first-order valence-electron chi connectivity index (χ1n) is 15.2. The Hall–Kier alpha value is -6.48. The molecule has 8 N–H and O–H groups in total. The number of ether oxygens (including phenoxy) is 1. The van der Waals surface area contributed by atoms with E-state index in [9.17, 15) is 31.9 Å². The highest BCUT2D eigenvalue weighted by molar-refractivity contribution is 6.32. The fourth-order valence-electron chi connectivity index (χ4n) is 4.95. The number of fused-ring (bicyclic) bond motifs is 2. The molecule has 0 radical (unpaired) electrons. The number of aliphatic imine (C=N–C) groups is 2. The number of halogens is 5. The monoisotopic (exact) mass is 736 g/mol. The third-order valence-electron chi connectivity index (χ3n) is 6.99. The molecule has 0 unspecified atom stereocenters. The number of amides is 2. The summed E-state index contributed by atoms with van der Waals surface area (Å²) in [6.45, 7) is 4.32. The summed E-state index contributed by atoms with van der Waals surface area (Å²) in [6, 6.07) is 14.5. The molecule has 2 amide bonds. The van der Waals surface area contributed by atoms with Gasteiger partial charge in [-0.05, 0) is 66.2 Å². The van der Waals surface area contributed by atoms with Gasteiger partial charge in [0.1, 0.15) is 41.2 Å². The lowest BCUT2D eigenvalue weighted by atomic mass is 9.93. The molecule has 1 aliphatic rings. The lowest BCUT2D eigenvalue weighted by Gasteiger charge is -2.20. The molecule has 0 spiro atoms. The highest BCUT2D eigenvalue weighted by Crippen LogP contribution is 2.38. The summed E-state index contributed by atoms with van der Waals surface area (Å²) in [5.41, 5.74) is 21.1. The van der Waals surface area contributed by atoms with Gasteiger partial charge in [-0.1, -0.05) is 25.4 Å². The van der Waals surface area contributed by atoms with E-state index < -0.39 is 52.2 Å². The van der Waals surface area contributed by atoms with Crippen LogP contribution in [0.2, 0.25) is 5.02 Å². The Balaban J connectivity index is 0.000000223. The Morgan fingerprint density at radius 1 is 0.712 bits per heavy atom. The van der Waals surface area contributed by atoms with Gasteiger partial charge in [0.15, 0.2) is 11.9 Å². The highest BCUT2D eigenvalue weighted by Gasteiger charge is 2.21. The second kappa shape index (κ2) is 16.5. The lowest BCUT2D eigenvalue weighted by molar-refractivity contribution is 0.0994. The van der Waals surface area contributed by atoms with E-state index in [0.29, 0.717) is 46.2 Å². The second-order valence-electron chi connectivity index (χ2n) is 10.4. The van der Waals surface area contributed by atoms with E-state index in [1.54, 1.807) is 24.3 Å². The smallest absolute Gasteiger partial charge is 0.336 e. The van der Waals surface area contributed by atoms with Crippen molar-refractivity contribution in [3.05, 3.63) is 140 Å². The van der Waals surface area contributed by atoms with E-state index >= 15 is 0 Å². The van der Waals surface area contributed by atoms with E-state index in [-0.39, 0.29) is 33.6 Å². The minimum atomic E-state index is -1.21. The Labute approximate surface area is 297 Å². The Morgan fingerprint density at radius 3 is 1.92 bits per heavy atom. The summed E-state index contributed by atoms with van der Waals surface area (Å²) in [5, 5.41) is 0.446. The standard InChI is InChI=1S/C17H13ClFN3O2.C17H10F3N3O3.C2H6/c18-14-3-2-10(19)8-12(14)11-5-6-24-15-4-1-9(7-13(11)15)16(23)22-17(20)21;18-8-4-11(19)15(12(20)5-8)10-6-14(24)26-13-2-1-7(3-9(10)13)16(25)23-17(21)22;1-2/h1-5,7-8H,6H2,(H4,20,21,22,23);1-6H,(H4,21,22,23,25);1-2H3. The number of rotatable bonds is 4. The fraction of sp³-hybridized carbons (Fsp3) is 0.0833. The number of hydrogen-bond donors (Lipinski definition) is 4. The Morgan fingerprint density at radius 2 is 1.31 bits per heavy atom. The van der Waals surface area contributed by atoms with Crippen LogP contribution in [-0.4, -0.2) is 30.3 Å². The van der Waals surface area contributed by atoms with Crippen molar-refractivity contribution in [3.63, 3.8) is 0 Å². The zero-order valence-electron chi connectivity index (χ0n) is 27.3. The summed E-state index contributed by atoms with van der Waals surface area (Å²) in [4.78, 5) is 42.6. The molecule has 52 heavy (non-hydrogen) atoms. The number of carbonyl (C=O) groups excluding carboxylic acids is 2. The molecule has 1 aromatic heterocycles. The van der Waals surface area contributed by atoms with Gasteiger partial charge in [0.05, 0.1) is 5.56 Å². The van der Waals surface area contributed by atoms with Crippen LogP contribution < -0.4 is 33.3 Å². The van der Waals surface area contributed by atoms with Crippen LogP contribution >= 0.6 is 11.6 Å². The quantitative estimate of drug-likeness (QED) is 0.0735. The molecule has 2 heterocycles. The SMILES string of the molecule is CC.NC(N)=NC(=O)c1ccc2c(c1)C(c1cc(F)ccc1Cl)=CCO2.NC(N)=NC(=O)c1ccc2oc(=O)cc(-c3c(F)cc(F)cc3F)c2c1. The average Bonchev–Trinajstić information content (AvgIpc) is 3.08. The van der Waals surface area contributed by atoms with Crippen LogP contribution in [0.5, 0.6) is 5.75 Å². The van der Waals surface area contributed by atoms with Crippen molar-refractivity contribution < 1.29 is 36.3 Å². The van der Waals surface area contributed by atoms with Crippen LogP contribution in [0.4, 0.5) is 17.6 Å². The highest BCUT2D eigenvalue weighted by atomic mass is 35.5. The van der Waals surface area contributed by atoms with Crippen molar-refractivity contribution in [3.8, 4) is 16.9 Å². The molecule has 0 saturated carbocycles. The van der Waals surface area contributed by atoms with Crippen LogP contribution in [-0.2, 0) is 0 Å². The third kappa shape index (κ3) is 8.81. The number of carbonyl (C=O) groups is 2. The third-order valence-corrected chi connectivity index (χ3v) is 7.32. The molecular formula is C36H29ClF4N6O5. The van der Waals surface area contributed by atoms with Crippen molar-refractivity contribution in [2.45, 2.75) is 13.8 Å². The molecule has 11 nitrogen and oxygen atoms in total. The van der Waals surface area contributed by atoms with Gasteiger partial charge >= 0.3 is 5.63 Å². The maximum absolute atomic E-state index is 14.2. The van der Waals surface area contributed by atoms with Crippen molar-refractivity contribution >= 4 is 51.9 Å². The molecule has 0 atom stereocenters. The largest absolute Gasteiger partial charge is 0.489 e. The summed E-state index contributed by atoms with van der Waals surface area (Å²) < 4.78 is 65.6. The molecule has 16 heteroatoms. The summed E-state index contributed by atoms with van der Waals surface area (Å²) in [6.07, 6.45) is 1.78. The zero-order valence-corrected chi connectivity index (χ0v) is 28.1. The topological polar surface area (TPSA) is 202 Å². The molecule has 1 aliphatic heterocycles. The van der Waals surface area contributed by atoms with Crippen molar-refractivity contribution in [1.82, 2.24) is 0 Å². The van der Waals surface area contributed by atoms with Crippen LogP contribution in [0.1, 0.15) is 45.7 Å². The van der Waals surface area contributed by atoms with Crippen molar-refractivity contribution in [2.24, 2.45) is 32.9 Å². The predicted octanol–water partition coefficient (Wildman–Crippen LogP) is 6.03. The van der Waals surface area contributed by atoms with Gasteiger partial charge in [-0.2, -0.15) is 9.98 Å². The fourth-order valence-corrected chi connectivity index (χ4v) is 5.17. The molecule has 4 aromatic carbocycles. The normalized spacial score (nSPS) is 11.3. The Bertz CT molecular complexity index is 2330. The van der Waals surface area contributed by atoms with Gasteiger partial charge in [-0.25, -0.2) is 22.4 Å².